The predicted octanol–water partition coefficient (Wildman–Crippen LogP) is 1.70. The average molecular weight is 328 g/mol. The molecule has 2 saturated heterocycles. The van der Waals surface area contributed by atoms with Crippen molar-refractivity contribution in [2.24, 2.45) is 0 Å². The quantitative estimate of drug-likeness (QED) is 0.846. The lowest BCUT2D eigenvalue weighted by Crippen LogP contribution is -2.46. The molecule has 128 valence electrons. The number of aromatic nitrogens is 3. The summed E-state index contributed by atoms with van der Waals surface area (Å²) < 4.78 is 5.15. The van der Waals surface area contributed by atoms with E-state index in [-0.39, 0.29) is 0 Å². The number of piperazine rings is 1. The van der Waals surface area contributed by atoms with Gasteiger partial charge in [-0.3, -0.25) is 4.90 Å². The van der Waals surface area contributed by atoms with E-state index in [1.165, 1.54) is 12.8 Å². The van der Waals surface area contributed by atoms with E-state index in [1.54, 1.807) is 0 Å². The van der Waals surface area contributed by atoms with Crippen molar-refractivity contribution in [3.63, 3.8) is 0 Å². The molecule has 0 spiro atoms. The molecule has 2 fully saturated rings. The lowest BCUT2D eigenvalue weighted by atomic mass is 10.3. The van der Waals surface area contributed by atoms with Crippen LogP contribution in [0.4, 0.5) is 11.8 Å². The lowest BCUT2D eigenvalue weighted by molar-refractivity contribution is 0.240. The molecule has 0 N–H and O–H groups in total. The number of nitrogens with zero attached hydrogens (tertiary/aromatic N) is 6. The highest BCUT2D eigenvalue weighted by atomic mass is 16.5. The smallest absolute Gasteiger partial charge is 0.227 e. The lowest BCUT2D eigenvalue weighted by Gasteiger charge is -2.34. The van der Waals surface area contributed by atoms with Crippen LogP contribution in [-0.4, -0.2) is 59.3 Å². The van der Waals surface area contributed by atoms with Crippen LogP contribution < -0.4 is 9.80 Å². The molecule has 2 aliphatic heterocycles. The zero-order valence-corrected chi connectivity index (χ0v) is 14.2. The van der Waals surface area contributed by atoms with Crippen molar-refractivity contribution < 1.29 is 4.52 Å². The van der Waals surface area contributed by atoms with E-state index in [1.807, 2.05) is 25.3 Å². The molecule has 2 aliphatic rings. The van der Waals surface area contributed by atoms with Gasteiger partial charge in [0.15, 0.2) is 0 Å². The average Bonchev–Trinajstić information content (AvgIpc) is 3.28. The second kappa shape index (κ2) is 6.76. The van der Waals surface area contributed by atoms with Crippen LogP contribution >= 0.6 is 0 Å². The Kier molecular flexibility index (Phi) is 4.34. The van der Waals surface area contributed by atoms with Crippen LogP contribution in [0.15, 0.2) is 22.9 Å². The fourth-order valence-corrected chi connectivity index (χ4v) is 3.44. The molecule has 0 radical (unpaired) electrons. The van der Waals surface area contributed by atoms with E-state index in [4.69, 9.17) is 9.51 Å². The molecule has 7 nitrogen and oxygen atoms in total. The minimum absolute atomic E-state index is 0.847. The highest BCUT2D eigenvalue weighted by Crippen LogP contribution is 2.20. The number of rotatable bonds is 4. The fourth-order valence-electron chi connectivity index (χ4n) is 3.44. The van der Waals surface area contributed by atoms with E-state index in [0.717, 1.165) is 69.0 Å². The van der Waals surface area contributed by atoms with Gasteiger partial charge >= 0.3 is 0 Å². The summed E-state index contributed by atoms with van der Waals surface area (Å²) in [5, 5.41) is 4.08. The minimum Gasteiger partial charge on any atom is -0.361 e. The standard InChI is InChI=1S/C17H24N6O/c1-14-12-15(20-24-14)13-21-8-10-23(11-9-21)17-18-5-4-16(19-17)22-6-2-3-7-22/h4-5,12H,2-3,6-11,13H2,1H3. The first-order chi connectivity index (χ1) is 11.8. The van der Waals surface area contributed by atoms with Crippen molar-refractivity contribution in [2.75, 3.05) is 49.1 Å². The summed E-state index contributed by atoms with van der Waals surface area (Å²) in [7, 11) is 0. The van der Waals surface area contributed by atoms with Gasteiger partial charge in [-0.2, -0.15) is 4.98 Å². The molecule has 7 heteroatoms. The zero-order chi connectivity index (χ0) is 16.4. The van der Waals surface area contributed by atoms with Crippen LogP contribution in [-0.2, 0) is 6.54 Å². The van der Waals surface area contributed by atoms with Gasteiger partial charge in [0.25, 0.3) is 0 Å². The van der Waals surface area contributed by atoms with E-state index >= 15 is 0 Å². The van der Waals surface area contributed by atoms with E-state index < -0.39 is 0 Å². The van der Waals surface area contributed by atoms with E-state index in [2.05, 4.69) is 24.8 Å². The molecule has 0 saturated carbocycles. The number of anilines is 2. The van der Waals surface area contributed by atoms with Gasteiger partial charge < -0.3 is 14.3 Å². The van der Waals surface area contributed by atoms with Crippen LogP contribution in [0.5, 0.6) is 0 Å². The van der Waals surface area contributed by atoms with Gasteiger partial charge in [-0.15, -0.1) is 0 Å². The number of hydrogen-bond donors (Lipinski definition) is 0. The maximum atomic E-state index is 5.15. The first-order valence-electron chi connectivity index (χ1n) is 8.75. The van der Waals surface area contributed by atoms with Crippen LogP contribution in [0, 0.1) is 6.92 Å². The molecule has 0 bridgehead atoms. The highest BCUT2D eigenvalue weighted by molar-refractivity contribution is 5.44. The Labute approximate surface area is 142 Å². The Morgan fingerprint density at radius 1 is 1.04 bits per heavy atom. The van der Waals surface area contributed by atoms with Crippen molar-refractivity contribution in [3.8, 4) is 0 Å². The molecule has 4 rings (SSSR count). The summed E-state index contributed by atoms with van der Waals surface area (Å²) in [6.45, 7) is 8.87. The Bertz CT molecular complexity index is 673. The Hall–Kier alpha value is -2.15. The maximum Gasteiger partial charge on any atom is 0.227 e. The minimum atomic E-state index is 0.847. The van der Waals surface area contributed by atoms with Gasteiger partial charge in [0, 0.05) is 58.1 Å². The maximum absolute atomic E-state index is 5.15. The second-order valence-electron chi connectivity index (χ2n) is 6.60. The zero-order valence-electron chi connectivity index (χ0n) is 14.2. The summed E-state index contributed by atoms with van der Waals surface area (Å²) >= 11 is 0. The largest absolute Gasteiger partial charge is 0.361 e. The molecule has 2 aromatic rings. The van der Waals surface area contributed by atoms with Crippen LogP contribution in [0.2, 0.25) is 0 Å². The first kappa shape index (κ1) is 15.4. The first-order valence-corrected chi connectivity index (χ1v) is 8.75. The molecule has 0 atom stereocenters. The second-order valence-corrected chi connectivity index (χ2v) is 6.60. The van der Waals surface area contributed by atoms with Crippen molar-refractivity contribution in [1.82, 2.24) is 20.0 Å². The van der Waals surface area contributed by atoms with Crippen molar-refractivity contribution in [2.45, 2.75) is 26.3 Å². The summed E-state index contributed by atoms with van der Waals surface area (Å²) in [6, 6.07) is 4.03. The molecule has 2 aromatic heterocycles. The molecule has 0 unspecified atom stereocenters. The third kappa shape index (κ3) is 3.36. The van der Waals surface area contributed by atoms with Gasteiger partial charge in [-0.1, -0.05) is 5.16 Å². The summed E-state index contributed by atoms with van der Waals surface area (Å²) in [5.74, 6) is 2.80. The normalized spacial score (nSPS) is 19.2. The Morgan fingerprint density at radius 3 is 2.54 bits per heavy atom. The summed E-state index contributed by atoms with van der Waals surface area (Å²) in [5.41, 5.74) is 1.01. The third-order valence-corrected chi connectivity index (χ3v) is 4.78. The predicted molar refractivity (Wildman–Crippen MR) is 92.2 cm³/mol. The van der Waals surface area contributed by atoms with Gasteiger partial charge in [0.05, 0.1) is 5.69 Å². The fraction of sp³-hybridized carbons (Fsp3) is 0.588. The van der Waals surface area contributed by atoms with Crippen molar-refractivity contribution in [1.29, 1.82) is 0 Å². The summed E-state index contributed by atoms with van der Waals surface area (Å²) in [6.07, 6.45) is 4.42. The molecule has 0 aromatic carbocycles. The molecule has 4 heterocycles. The Balaban J connectivity index is 1.36. The van der Waals surface area contributed by atoms with Gasteiger partial charge in [-0.05, 0) is 25.8 Å². The molecular formula is C17H24N6O. The SMILES string of the molecule is Cc1cc(CN2CCN(c3nccc(N4CCCC4)n3)CC2)no1. The molecule has 0 amide bonds. The van der Waals surface area contributed by atoms with E-state index in [9.17, 15) is 0 Å². The van der Waals surface area contributed by atoms with E-state index in [0.29, 0.717) is 0 Å². The third-order valence-electron chi connectivity index (χ3n) is 4.78. The van der Waals surface area contributed by atoms with Crippen molar-refractivity contribution >= 4 is 11.8 Å². The summed E-state index contributed by atoms with van der Waals surface area (Å²) in [4.78, 5) is 16.3. The van der Waals surface area contributed by atoms with Crippen molar-refractivity contribution in [3.05, 3.63) is 29.8 Å². The number of aryl methyl sites for hydroxylation is 1. The monoisotopic (exact) mass is 328 g/mol. The molecular weight excluding hydrogens is 304 g/mol. The van der Waals surface area contributed by atoms with Gasteiger partial charge in [-0.25, -0.2) is 4.98 Å². The van der Waals surface area contributed by atoms with Crippen LogP contribution in [0.3, 0.4) is 0 Å². The Morgan fingerprint density at radius 2 is 1.83 bits per heavy atom. The topological polar surface area (TPSA) is 61.5 Å². The molecule has 0 aliphatic carbocycles. The van der Waals surface area contributed by atoms with Gasteiger partial charge in [0.2, 0.25) is 5.95 Å². The molecule has 24 heavy (non-hydrogen) atoms. The van der Waals surface area contributed by atoms with Crippen LogP contribution in [0.1, 0.15) is 24.3 Å². The highest BCUT2D eigenvalue weighted by Gasteiger charge is 2.21. The number of hydrogen-bond acceptors (Lipinski definition) is 7. The van der Waals surface area contributed by atoms with Gasteiger partial charge in [0.1, 0.15) is 11.6 Å². The van der Waals surface area contributed by atoms with Crippen LogP contribution in [0.25, 0.3) is 0 Å².